The third-order valence-electron chi connectivity index (χ3n) is 5.88. The summed E-state index contributed by atoms with van der Waals surface area (Å²) in [7, 11) is 0. The highest BCUT2D eigenvalue weighted by atomic mass is 16.4. The normalized spacial score (nSPS) is 19.7. The van der Waals surface area contributed by atoms with E-state index >= 15 is 0 Å². The average molecular weight is 330 g/mol. The predicted octanol–water partition coefficient (Wildman–Crippen LogP) is 4.06. The predicted molar refractivity (Wildman–Crippen MR) is 90.9 cm³/mol. The standard InChI is InChI=1S/C20H26O4/c21-17(22)19(11-12-19)9-1-3-15-5-7-16(8-6-15)4-2-10-20(13-14-20)18(23)24/h5-8H,1-4,9-14H2,(H,21,22)(H,23,24). The van der Waals surface area contributed by atoms with Crippen LogP contribution in [-0.2, 0) is 22.4 Å². The second kappa shape index (κ2) is 6.58. The maximum Gasteiger partial charge on any atom is 0.309 e. The summed E-state index contributed by atoms with van der Waals surface area (Å²) in [6, 6.07) is 8.50. The van der Waals surface area contributed by atoms with Crippen molar-refractivity contribution in [3.63, 3.8) is 0 Å². The third-order valence-corrected chi connectivity index (χ3v) is 5.88. The van der Waals surface area contributed by atoms with Crippen LogP contribution in [0.5, 0.6) is 0 Å². The zero-order chi connectivity index (χ0) is 17.2. The SMILES string of the molecule is O=C(O)C1(CCCc2ccc(CCCC3(C(=O)O)CC3)cc2)CC1. The van der Waals surface area contributed by atoms with E-state index in [9.17, 15) is 19.8 Å². The lowest BCUT2D eigenvalue weighted by Gasteiger charge is -2.10. The Hall–Kier alpha value is -1.84. The Balaban J connectivity index is 1.39. The van der Waals surface area contributed by atoms with Gasteiger partial charge in [-0.1, -0.05) is 24.3 Å². The van der Waals surface area contributed by atoms with Crippen molar-refractivity contribution in [2.75, 3.05) is 0 Å². The Morgan fingerprint density at radius 2 is 1.08 bits per heavy atom. The molecule has 0 saturated heterocycles. The molecule has 0 aliphatic heterocycles. The Bertz CT molecular complexity index is 554. The lowest BCUT2D eigenvalue weighted by atomic mass is 9.95. The summed E-state index contributed by atoms with van der Waals surface area (Å²) < 4.78 is 0. The van der Waals surface area contributed by atoms with Crippen molar-refractivity contribution in [2.24, 2.45) is 10.8 Å². The molecule has 0 unspecified atom stereocenters. The van der Waals surface area contributed by atoms with Crippen molar-refractivity contribution >= 4 is 11.9 Å². The Morgan fingerprint density at radius 1 is 0.750 bits per heavy atom. The van der Waals surface area contributed by atoms with Crippen LogP contribution in [0.15, 0.2) is 24.3 Å². The number of hydrogen-bond donors (Lipinski definition) is 2. The molecule has 1 aromatic carbocycles. The number of rotatable bonds is 10. The molecule has 0 atom stereocenters. The van der Waals surface area contributed by atoms with E-state index in [2.05, 4.69) is 24.3 Å². The van der Waals surface area contributed by atoms with Crippen LogP contribution in [0.25, 0.3) is 0 Å². The molecule has 130 valence electrons. The molecule has 0 radical (unpaired) electrons. The Morgan fingerprint density at radius 3 is 1.33 bits per heavy atom. The van der Waals surface area contributed by atoms with E-state index in [1.165, 1.54) is 11.1 Å². The van der Waals surface area contributed by atoms with Gasteiger partial charge in [-0.25, -0.2) is 0 Å². The Kier molecular flexibility index (Phi) is 4.66. The quantitative estimate of drug-likeness (QED) is 0.678. The smallest absolute Gasteiger partial charge is 0.309 e. The molecule has 2 aliphatic carbocycles. The highest BCUT2D eigenvalue weighted by Gasteiger charge is 2.49. The van der Waals surface area contributed by atoms with Gasteiger partial charge in [-0.05, 0) is 75.3 Å². The first-order chi connectivity index (χ1) is 11.5. The highest BCUT2D eigenvalue weighted by Crippen LogP contribution is 2.50. The van der Waals surface area contributed by atoms with Gasteiger partial charge in [0.2, 0.25) is 0 Å². The molecule has 24 heavy (non-hydrogen) atoms. The van der Waals surface area contributed by atoms with Gasteiger partial charge in [0.05, 0.1) is 10.8 Å². The molecular weight excluding hydrogens is 304 g/mol. The number of aryl methyl sites for hydroxylation is 2. The number of aliphatic carboxylic acids is 2. The lowest BCUT2D eigenvalue weighted by molar-refractivity contribution is -0.144. The molecule has 2 aliphatic rings. The molecule has 4 nitrogen and oxygen atoms in total. The number of carboxylic acids is 2. The summed E-state index contributed by atoms with van der Waals surface area (Å²) in [5.74, 6) is -1.26. The molecule has 0 heterocycles. The molecule has 0 aromatic heterocycles. The molecule has 3 rings (SSSR count). The van der Waals surface area contributed by atoms with Crippen molar-refractivity contribution in [3.8, 4) is 0 Å². The zero-order valence-corrected chi connectivity index (χ0v) is 14.1. The number of benzene rings is 1. The van der Waals surface area contributed by atoms with Crippen molar-refractivity contribution in [3.05, 3.63) is 35.4 Å². The largest absolute Gasteiger partial charge is 0.481 e. The number of carboxylic acid groups (broad SMARTS) is 2. The monoisotopic (exact) mass is 330 g/mol. The minimum atomic E-state index is -0.632. The summed E-state index contributed by atoms with van der Waals surface area (Å²) in [6.45, 7) is 0. The third kappa shape index (κ3) is 3.80. The van der Waals surface area contributed by atoms with E-state index in [1.807, 2.05) is 0 Å². The first-order valence-electron chi connectivity index (χ1n) is 9.01. The van der Waals surface area contributed by atoms with Gasteiger partial charge in [0.1, 0.15) is 0 Å². The number of hydrogen-bond acceptors (Lipinski definition) is 2. The average Bonchev–Trinajstić information content (AvgIpc) is 3.43. The van der Waals surface area contributed by atoms with Gasteiger partial charge in [-0.3, -0.25) is 9.59 Å². The van der Waals surface area contributed by atoms with E-state index in [-0.39, 0.29) is 0 Å². The topological polar surface area (TPSA) is 74.6 Å². The first kappa shape index (κ1) is 17.0. The maximum absolute atomic E-state index is 11.2. The van der Waals surface area contributed by atoms with E-state index in [4.69, 9.17) is 0 Å². The van der Waals surface area contributed by atoms with Gasteiger partial charge in [0, 0.05) is 0 Å². The van der Waals surface area contributed by atoms with Crippen LogP contribution < -0.4 is 0 Å². The molecule has 0 amide bonds. The second-order valence-corrected chi connectivity index (χ2v) is 7.69. The maximum atomic E-state index is 11.2. The van der Waals surface area contributed by atoms with Crippen LogP contribution in [0.2, 0.25) is 0 Å². The van der Waals surface area contributed by atoms with Crippen LogP contribution in [0, 0.1) is 10.8 Å². The highest BCUT2D eigenvalue weighted by molar-refractivity contribution is 5.78. The molecular formula is C20H26O4. The summed E-state index contributed by atoms with van der Waals surface area (Å²) >= 11 is 0. The molecule has 1 aromatic rings. The van der Waals surface area contributed by atoms with E-state index in [0.29, 0.717) is 0 Å². The Labute approximate surface area is 142 Å². The van der Waals surface area contributed by atoms with Gasteiger partial charge in [-0.2, -0.15) is 0 Å². The fourth-order valence-electron chi connectivity index (χ4n) is 3.58. The molecule has 2 N–H and O–H groups in total. The summed E-state index contributed by atoms with van der Waals surface area (Å²) in [4.78, 5) is 22.3. The van der Waals surface area contributed by atoms with Crippen LogP contribution in [0.4, 0.5) is 0 Å². The fourth-order valence-corrected chi connectivity index (χ4v) is 3.58. The minimum Gasteiger partial charge on any atom is -0.481 e. The van der Waals surface area contributed by atoms with Crippen LogP contribution in [-0.4, -0.2) is 22.2 Å². The van der Waals surface area contributed by atoms with Gasteiger partial charge in [-0.15, -0.1) is 0 Å². The van der Waals surface area contributed by atoms with Gasteiger partial charge in [0.15, 0.2) is 0 Å². The van der Waals surface area contributed by atoms with Crippen LogP contribution in [0.1, 0.15) is 62.5 Å². The minimum absolute atomic E-state index is 0.414. The lowest BCUT2D eigenvalue weighted by Crippen LogP contribution is -2.14. The summed E-state index contributed by atoms with van der Waals surface area (Å²) in [5, 5.41) is 18.4. The number of carbonyl (C=O) groups is 2. The zero-order valence-electron chi connectivity index (χ0n) is 14.1. The van der Waals surface area contributed by atoms with Crippen molar-refractivity contribution in [1.82, 2.24) is 0 Å². The van der Waals surface area contributed by atoms with Crippen molar-refractivity contribution in [2.45, 2.75) is 64.2 Å². The van der Waals surface area contributed by atoms with Gasteiger partial charge < -0.3 is 10.2 Å². The van der Waals surface area contributed by atoms with Gasteiger partial charge in [0.25, 0.3) is 0 Å². The summed E-state index contributed by atoms with van der Waals surface area (Å²) in [5.41, 5.74) is 1.68. The van der Waals surface area contributed by atoms with Crippen LogP contribution in [0.3, 0.4) is 0 Å². The van der Waals surface area contributed by atoms with E-state index in [0.717, 1.165) is 64.2 Å². The molecule has 0 spiro atoms. The molecule has 4 heteroatoms. The van der Waals surface area contributed by atoms with Crippen molar-refractivity contribution in [1.29, 1.82) is 0 Å². The molecule has 2 saturated carbocycles. The van der Waals surface area contributed by atoms with Crippen molar-refractivity contribution < 1.29 is 19.8 Å². The first-order valence-corrected chi connectivity index (χ1v) is 9.01. The molecule has 2 fully saturated rings. The van der Waals surface area contributed by atoms with Gasteiger partial charge >= 0.3 is 11.9 Å². The van der Waals surface area contributed by atoms with E-state index < -0.39 is 22.8 Å². The van der Waals surface area contributed by atoms with Crippen LogP contribution >= 0.6 is 0 Å². The second-order valence-electron chi connectivity index (χ2n) is 7.69. The van der Waals surface area contributed by atoms with E-state index in [1.54, 1.807) is 0 Å². The fraction of sp³-hybridized carbons (Fsp3) is 0.600. The molecule has 0 bridgehead atoms. The summed E-state index contributed by atoms with van der Waals surface area (Å²) in [6.07, 6.45) is 8.59.